The highest BCUT2D eigenvalue weighted by Crippen LogP contribution is 2.17. The standard InChI is InChI=1S/C18H23N3O6S/c1-3-10-26-14-7-5-4-6-13(14)17(24)20-21-18(28)19-15(22)8-9-16(23)27-12-11-25-2/h3-7H,1,8-12H2,2H3,(H,20,24)(H2,19,21,22,28). The van der Waals surface area contributed by atoms with Crippen molar-refractivity contribution in [3.63, 3.8) is 0 Å². The highest BCUT2D eigenvalue weighted by molar-refractivity contribution is 7.80. The number of carbonyl (C=O) groups is 3. The number of thiocarbonyl (C=S) groups is 1. The van der Waals surface area contributed by atoms with Crippen LogP contribution in [0.4, 0.5) is 0 Å². The van der Waals surface area contributed by atoms with Crippen LogP contribution in [0.1, 0.15) is 23.2 Å². The molecule has 152 valence electrons. The van der Waals surface area contributed by atoms with E-state index in [0.29, 0.717) is 5.75 Å². The van der Waals surface area contributed by atoms with Crippen LogP contribution in [0.2, 0.25) is 0 Å². The van der Waals surface area contributed by atoms with Crippen LogP contribution in [0.5, 0.6) is 5.75 Å². The van der Waals surface area contributed by atoms with Gasteiger partial charge in [-0.25, -0.2) is 0 Å². The van der Waals surface area contributed by atoms with Gasteiger partial charge in [-0.05, 0) is 24.4 Å². The molecule has 1 aromatic carbocycles. The summed E-state index contributed by atoms with van der Waals surface area (Å²) in [6.45, 7) is 4.21. The first-order valence-electron chi connectivity index (χ1n) is 8.35. The molecule has 0 aliphatic heterocycles. The minimum atomic E-state index is -0.518. The highest BCUT2D eigenvalue weighted by Gasteiger charge is 2.13. The van der Waals surface area contributed by atoms with Gasteiger partial charge in [-0.2, -0.15) is 0 Å². The summed E-state index contributed by atoms with van der Waals surface area (Å²) in [5.41, 5.74) is 5.06. The molecule has 10 heteroatoms. The molecule has 1 aromatic rings. The van der Waals surface area contributed by atoms with Gasteiger partial charge in [0.05, 0.1) is 18.6 Å². The number of esters is 1. The molecule has 3 N–H and O–H groups in total. The number of ether oxygens (including phenoxy) is 3. The molecule has 2 amide bonds. The molecule has 9 nitrogen and oxygen atoms in total. The van der Waals surface area contributed by atoms with E-state index in [9.17, 15) is 14.4 Å². The second kappa shape index (κ2) is 13.2. The molecule has 0 aliphatic rings. The lowest BCUT2D eigenvalue weighted by atomic mass is 10.2. The van der Waals surface area contributed by atoms with Crippen molar-refractivity contribution < 1.29 is 28.6 Å². The number of methoxy groups -OCH3 is 1. The van der Waals surface area contributed by atoms with E-state index in [4.69, 9.17) is 26.4 Å². The lowest BCUT2D eigenvalue weighted by Gasteiger charge is -2.13. The molecule has 0 heterocycles. The minimum absolute atomic E-state index is 0.0987. The van der Waals surface area contributed by atoms with Gasteiger partial charge < -0.3 is 19.5 Å². The minimum Gasteiger partial charge on any atom is -0.489 e. The monoisotopic (exact) mass is 409 g/mol. The van der Waals surface area contributed by atoms with Gasteiger partial charge in [-0.3, -0.25) is 25.2 Å². The lowest BCUT2D eigenvalue weighted by Crippen LogP contribution is -2.48. The molecule has 0 saturated carbocycles. The Morgan fingerprint density at radius 3 is 2.61 bits per heavy atom. The molecule has 0 saturated heterocycles. The Hall–Kier alpha value is -2.98. The summed E-state index contributed by atoms with van der Waals surface area (Å²) in [5.74, 6) is -1.14. The fourth-order valence-electron chi connectivity index (χ4n) is 1.86. The van der Waals surface area contributed by atoms with Crippen LogP contribution in [0.3, 0.4) is 0 Å². The fraction of sp³-hybridized carbons (Fsp3) is 0.333. The van der Waals surface area contributed by atoms with E-state index in [-0.39, 0.29) is 43.3 Å². The van der Waals surface area contributed by atoms with Crippen molar-refractivity contribution in [2.24, 2.45) is 0 Å². The van der Waals surface area contributed by atoms with Crippen molar-refractivity contribution in [1.82, 2.24) is 16.2 Å². The summed E-state index contributed by atoms with van der Waals surface area (Å²) >= 11 is 4.93. The molecular formula is C18H23N3O6S. The van der Waals surface area contributed by atoms with Gasteiger partial charge >= 0.3 is 5.97 Å². The lowest BCUT2D eigenvalue weighted by molar-refractivity contribution is -0.146. The first kappa shape index (κ1) is 23.1. The maximum Gasteiger partial charge on any atom is 0.306 e. The average Bonchev–Trinajstić information content (AvgIpc) is 2.69. The zero-order chi connectivity index (χ0) is 20.8. The third kappa shape index (κ3) is 9.10. The summed E-state index contributed by atoms with van der Waals surface area (Å²) < 4.78 is 15.0. The van der Waals surface area contributed by atoms with Crippen LogP contribution in [0, 0.1) is 0 Å². The van der Waals surface area contributed by atoms with Crippen LogP contribution < -0.4 is 20.9 Å². The Morgan fingerprint density at radius 1 is 1.14 bits per heavy atom. The molecule has 28 heavy (non-hydrogen) atoms. The molecule has 0 spiro atoms. The summed E-state index contributed by atoms with van der Waals surface area (Å²) in [4.78, 5) is 35.4. The number of hydrazine groups is 1. The normalized spacial score (nSPS) is 9.75. The molecule has 0 atom stereocenters. The van der Waals surface area contributed by atoms with E-state index in [1.165, 1.54) is 7.11 Å². The number of hydrogen-bond donors (Lipinski definition) is 3. The second-order valence-electron chi connectivity index (χ2n) is 5.27. The number of para-hydroxylation sites is 1. The Kier molecular flexibility index (Phi) is 10.9. The maximum absolute atomic E-state index is 12.2. The highest BCUT2D eigenvalue weighted by atomic mass is 32.1. The second-order valence-corrected chi connectivity index (χ2v) is 5.67. The number of rotatable bonds is 10. The van der Waals surface area contributed by atoms with Crippen LogP contribution in [-0.4, -0.2) is 49.8 Å². The molecule has 0 bridgehead atoms. The first-order chi connectivity index (χ1) is 13.5. The van der Waals surface area contributed by atoms with Crippen LogP contribution in [-0.2, 0) is 19.1 Å². The van der Waals surface area contributed by atoms with Gasteiger partial charge in [0, 0.05) is 13.5 Å². The summed E-state index contributed by atoms with van der Waals surface area (Å²) in [6, 6.07) is 6.63. The van der Waals surface area contributed by atoms with Gasteiger partial charge in [0.2, 0.25) is 5.91 Å². The van der Waals surface area contributed by atoms with Crippen LogP contribution >= 0.6 is 12.2 Å². The molecule has 1 rings (SSSR count). The van der Waals surface area contributed by atoms with Gasteiger partial charge in [0.25, 0.3) is 5.91 Å². The summed E-state index contributed by atoms with van der Waals surface area (Å²) in [5, 5.41) is 2.23. The number of amides is 2. The number of benzene rings is 1. The van der Waals surface area contributed by atoms with E-state index in [1.54, 1.807) is 30.3 Å². The Balaban J connectivity index is 2.38. The van der Waals surface area contributed by atoms with Crippen molar-refractivity contribution in [2.45, 2.75) is 12.8 Å². The third-order valence-electron chi connectivity index (χ3n) is 3.14. The van der Waals surface area contributed by atoms with Gasteiger partial charge in [0.15, 0.2) is 5.11 Å². The molecule has 0 unspecified atom stereocenters. The zero-order valence-corrected chi connectivity index (χ0v) is 16.3. The Labute approximate surface area is 168 Å². The molecular weight excluding hydrogens is 386 g/mol. The molecule has 0 aromatic heterocycles. The van der Waals surface area contributed by atoms with Crippen molar-refractivity contribution in [2.75, 3.05) is 26.9 Å². The molecule has 0 radical (unpaired) electrons. The van der Waals surface area contributed by atoms with Crippen molar-refractivity contribution in [3.05, 3.63) is 42.5 Å². The number of nitrogens with one attached hydrogen (secondary N) is 3. The van der Waals surface area contributed by atoms with E-state index in [0.717, 1.165) is 0 Å². The number of hydrogen-bond acceptors (Lipinski definition) is 7. The topological polar surface area (TPSA) is 115 Å². The Morgan fingerprint density at radius 2 is 1.89 bits per heavy atom. The Bertz CT molecular complexity index is 710. The SMILES string of the molecule is C=CCOc1ccccc1C(=O)NNC(=S)NC(=O)CCC(=O)OCCOC. The maximum atomic E-state index is 12.2. The van der Waals surface area contributed by atoms with Crippen molar-refractivity contribution in [3.8, 4) is 5.75 Å². The largest absolute Gasteiger partial charge is 0.489 e. The predicted molar refractivity (Wildman–Crippen MR) is 106 cm³/mol. The van der Waals surface area contributed by atoms with Crippen molar-refractivity contribution in [1.29, 1.82) is 0 Å². The number of carbonyl (C=O) groups excluding carboxylic acids is 3. The zero-order valence-electron chi connectivity index (χ0n) is 15.5. The molecule has 0 aliphatic carbocycles. The van der Waals surface area contributed by atoms with Crippen LogP contribution in [0.15, 0.2) is 36.9 Å². The predicted octanol–water partition coefficient (Wildman–Crippen LogP) is 0.857. The van der Waals surface area contributed by atoms with Gasteiger partial charge in [-0.15, -0.1) is 0 Å². The van der Waals surface area contributed by atoms with E-state index < -0.39 is 17.8 Å². The summed E-state index contributed by atoms with van der Waals surface area (Å²) in [6.07, 6.45) is 1.35. The smallest absolute Gasteiger partial charge is 0.306 e. The van der Waals surface area contributed by atoms with Gasteiger partial charge in [-0.1, -0.05) is 24.8 Å². The third-order valence-corrected chi connectivity index (χ3v) is 3.34. The molecule has 0 fully saturated rings. The van der Waals surface area contributed by atoms with Crippen molar-refractivity contribution >= 4 is 35.1 Å². The van der Waals surface area contributed by atoms with E-state index in [2.05, 4.69) is 22.7 Å². The van der Waals surface area contributed by atoms with Gasteiger partial charge in [0.1, 0.15) is 19.0 Å². The quantitative estimate of drug-likeness (QED) is 0.171. The van der Waals surface area contributed by atoms with E-state index in [1.807, 2.05) is 0 Å². The average molecular weight is 409 g/mol. The van der Waals surface area contributed by atoms with Crippen LogP contribution in [0.25, 0.3) is 0 Å². The first-order valence-corrected chi connectivity index (χ1v) is 8.76. The summed E-state index contributed by atoms with van der Waals surface area (Å²) in [7, 11) is 1.49. The fourth-order valence-corrected chi connectivity index (χ4v) is 2.02. The van der Waals surface area contributed by atoms with E-state index >= 15 is 0 Å².